The zero-order valence-corrected chi connectivity index (χ0v) is 6.52. The van der Waals surface area contributed by atoms with Crippen molar-refractivity contribution in [3.8, 4) is 0 Å². The van der Waals surface area contributed by atoms with E-state index in [1.807, 2.05) is 0 Å². The minimum absolute atomic E-state index is 0.577. The quantitative estimate of drug-likeness (QED) is 0.609. The van der Waals surface area contributed by atoms with E-state index in [9.17, 15) is 5.21 Å². The van der Waals surface area contributed by atoms with Gasteiger partial charge in [-0.2, -0.15) is 0 Å². The van der Waals surface area contributed by atoms with Crippen LogP contribution in [-0.2, 0) is 0 Å². The molecule has 0 spiro atoms. The Bertz CT molecular complexity index is 409. The first kappa shape index (κ1) is 6.90. The van der Waals surface area contributed by atoms with Crippen molar-refractivity contribution < 1.29 is 5.21 Å². The minimum atomic E-state index is 0.577. The zero-order valence-electron chi connectivity index (χ0n) is 6.52. The second kappa shape index (κ2) is 2.37. The van der Waals surface area contributed by atoms with Gasteiger partial charge in [-0.25, -0.2) is 0 Å². The molecule has 12 heavy (non-hydrogen) atoms. The van der Waals surface area contributed by atoms with Crippen molar-refractivity contribution in [3.05, 3.63) is 18.3 Å². The van der Waals surface area contributed by atoms with Crippen LogP contribution in [0.4, 0.5) is 5.82 Å². The van der Waals surface area contributed by atoms with Gasteiger partial charge in [-0.05, 0) is 12.1 Å². The van der Waals surface area contributed by atoms with Gasteiger partial charge in [-0.1, -0.05) is 4.85 Å². The lowest BCUT2D eigenvalue weighted by atomic mass is 10.4. The molecule has 0 aromatic carbocycles. The highest BCUT2D eigenvalue weighted by Gasteiger charge is 2.07. The number of hydrogen-bond acceptors (Lipinski definition) is 4. The molecule has 5 heteroatoms. The van der Waals surface area contributed by atoms with E-state index in [-0.39, 0.29) is 0 Å². The second-order valence-electron chi connectivity index (χ2n) is 2.36. The van der Waals surface area contributed by atoms with Gasteiger partial charge in [0.05, 0.1) is 0 Å². The summed E-state index contributed by atoms with van der Waals surface area (Å²) in [4.78, 5) is 4.88. The van der Waals surface area contributed by atoms with Gasteiger partial charge in [0.15, 0.2) is 5.82 Å². The van der Waals surface area contributed by atoms with Crippen molar-refractivity contribution in [1.29, 1.82) is 0 Å². The van der Waals surface area contributed by atoms with Crippen LogP contribution in [0.3, 0.4) is 0 Å². The first-order valence-corrected chi connectivity index (χ1v) is 3.53. The number of aromatic nitrogens is 3. The normalized spacial score (nSPS) is 10.4. The van der Waals surface area contributed by atoms with Crippen molar-refractivity contribution >= 4 is 16.9 Å². The van der Waals surface area contributed by atoms with Gasteiger partial charge in [0, 0.05) is 13.2 Å². The van der Waals surface area contributed by atoms with E-state index in [0.717, 1.165) is 4.85 Å². The van der Waals surface area contributed by atoms with Crippen LogP contribution in [0.1, 0.15) is 0 Å². The molecule has 5 nitrogen and oxygen atoms in total. The molecule has 0 saturated heterocycles. The topological polar surface area (TPSA) is 63.0 Å². The summed E-state index contributed by atoms with van der Waals surface area (Å²) in [6.07, 6.45) is 1.66. The molecule has 0 aliphatic heterocycles. The SMILES string of the molecule is CNc1nn(O)c2cccnc12. The van der Waals surface area contributed by atoms with E-state index in [4.69, 9.17) is 0 Å². The zero-order chi connectivity index (χ0) is 8.55. The van der Waals surface area contributed by atoms with Gasteiger partial charge in [0.25, 0.3) is 0 Å². The number of fused-ring (bicyclic) bond motifs is 1. The predicted octanol–water partition coefficient (Wildman–Crippen LogP) is 0.710. The van der Waals surface area contributed by atoms with Gasteiger partial charge in [0.2, 0.25) is 0 Å². The largest absolute Gasteiger partial charge is 0.411 e. The lowest BCUT2D eigenvalue weighted by molar-refractivity contribution is 0.162. The summed E-state index contributed by atoms with van der Waals surface area (Å²) in [6.45, 7) is 0. The summed E-state index contributed by atoms with van der Waals surface area (Å²) in [7, 11) is 1.73. The Labute approximate surface area is 68.6 Å². The van der Waals surface area contributed by atoms with E-state index in [0.29, 0.717) is 16.9 Å². The summed E-state index contributed by atoms with van der Waals surface area (Å²) in [5.74, 6) is 0.577. The van der Waals surface area contributed by atoms with E-state index in [2.05, 4.69) is 15.4 Å². The molecular weight excluding hydrogens is 156 g/mol. The number of anilines is 1. The van der Waals surface area contributed by atoms with Crippen molar-refractivity contribution in [2.45, 2.75) is 0 Å². The van der Waals surface area contributed by atoms with Crippen LogP contribution < -0.4 is 5.32 Å². The molecule has 2 aromatic heterocycles. The van der Waals surface area contributed by atoms with Gasteiger partial charge >= 0.3 is 0 Å². The highest BCUT2D eigenvalue weighted by atomic mass is 16.5. The smallest absolute Gasteiger partial charge is 0.178 e. The van der Waals surface area contributed by atoms with Gasteiger partial charge in [0.1, 0.15) is 11.0 Å². The van der Waals surface area contributed by atoms with E-state index >= 15 is 0 Å². The summed E-state index contributed by atoms with van der Waals surface area (Å²) in [5, 5.41) is 15.9. The highest BCUT2D eigenvalue weighted by Crippen LogP contribution is 2.17. The highest BCUT2D eigenvalue weighted by molar-refractivity contribution is 5.85. The first-order valence-electron chi connectivity index (χ1n) is 3.53. The van der Waals surface area contributed by atoms with E-state index in [1.165, 1.54) is 0 Å². The van der Waals surface area contributed by atoms with E-state index < -0.39 is 0 Å². The van der Waals surface area contributed by atoms with Crippen molar-refractivity contribution in [3.63, 3.8) is 0 Å². The molecule has 0 aliphatic carbocycles. The fourth-order valence-electron chi connectivity index (χ4n) is 1.11. The molecule has 0 amide bonds. The maximum atomic E-state index is 9.25. The second-order valence-corrected chi connectivity index (χ2v) is 2.36. The van der Waals surface area contributed by atoms with Crippen LogP contribution in [0.2, 0.25) is 0 Å². The third kappa shape index (κ3) is 0.795. The number of pyridine rings is 1. The van der Waals surface area contributed by atoms with Crippen LogP contribution in [0.15, 0.2) is 18.3 Å². The van der Waals surface area contributed by atoms with Gasteiger partial charge in [-0.3, -0.25) is 4.98 Å². The summed E-state index contributed by atoms with van der Waals surface area (Å²) < 4.78 is 0. The van der Waals surface area contributed by atoms with E-state index in [1.54, 1.807) is 25.4 Å². The Hall–Kier alpha value is -1.78. The predicted molar refractivity (Wildman–Crippen MR) is 44.3 cm³/mol. The molecule has 0 saturated carbocycles. The summed E-state index contributed by atoms with van der Waals surface area (Å²) >= 11 is 0. The third-order valence-electron chi connectivity index (χ3n) is 1.66. The maximum absolute atomic E-state index is 9.25. The monoisotopic (exact) mass is 164 g/mol. The summed E-state index contributed by atoms with van der Waals surface area (Å²) in [6, 6.07) is 3.49. The lowest BCUT2D eigenvalue weighted by Gasteiger charge is -1.89. The fraction of sp³-hybridized carbons (Fsp3) is 0.143. The van der Waals surface area contributed by atoms with Crippen molar-refractivity contribution in [2.24, 2.45) is 0 Å². The molecule has 2 N–H and O–H groups in total. The Morgan fingerprint density at radius 3 is 3.17 bits per heavy atom. The Morgan fingerprint density at radius 1 is 1.58 bits per heavy atom. The molecule has 2 rings (SSSR count). The molecule has 0 bridgehead atoms. The molecule has 0 atom stereocenters. The maximum Gasteiger partial charge on any atom is 0.178 e. The Kier molecular flexibility index (Phi) is 1.36. The number of nitrogens with zero attached hydrogens (tertiary/aromatic N) is 3. The standard InChI is InChI=1S/C7H8N4O/c1-8-7-6-5(11(12)10-7)3-2-4-9-6/h2-4,12H,1H3,(H,8,10). The molecule has 0 fully saturated rings. The molecule has 0 radical (unpaired) electrons. The number of rotatable bonds is 1. The molecule has 2 heterocycles. The first-order chi connectivity index (χ1) is 5.83. The third-order valence-corrected chi connectivity index (χ3v) is 1.66. The molecule has 0 aliphatic rings. The number of nitrogens with one attached hydrogen (secondary N) is 1. The van der Waals surface area contributed by atoms with Crippen LogP contribution in [0.5, 0.6) is 0 Å². The molecule has 0 unspecified atom stereocenters. The minimum Gasteiger partial charge on any atom is -0.411 e. The molecule has 62 valence electrons. The average Bonchev–Trinajstić information content (AvgIpc) is 2.44. The van der Waals surface area contributed by atoms with Gasteiger partial charge < -0.3 is 10.5 Å². The van der Waals surface area contributed by atoms with Crippen LogP contribution in [0, 0.1) is 0 Å². The number of hydrogen-bond donors (Lipinski definition) is 2. The molecule has 2 aromatic rings. The lowest BCUT2D eigenvalue weighted by Crippen LogP contribution is -1.93. The van der Waals surface area contributed by atoms with Crippen LogP contribution in [-0.4, -0.2) is 27.2 Å². The average molecular weight is 164 g/mol. The fourth-order valence-corrected chi connectivity index (χ4v) is 1.11. The van der Waals surface area contributed by atoms with Crippen LogP contribution in [0.25, 0.3) is 11.0 Å². The van der Waals surface area contributed by atoms with Crippen LogP contribution >= 0.6 is 0 Å². The van der Waals surface area contributed by atoms with Crippen molar-refractivity contribution in [1.82, 2.24) is 14.9 Å². The summed E-state index contributed by atoms with van der Waals surface area (Å²) in [5.41, 5.74) is 1.27. The Balaban J connectivity index is 2.82. The Morgan fingerprint density at radius 2 is 2.42 bits per heavy atom. The van der Waals surface area contributed by atoms with Gasteiger partial charge in [-0.15, -0.1) is 5.10 Å². The van der Waals surface area contributed by atoms with Crippen molar-refractivity contribution in [2.75, 3.05) is 12.4 Å². The molecular formula is C7H8N4O.